The molecule has 1 aromatic carbocycles. The average molecular weight is 365 g/mol. The molecule has 3 rings (SSSR count). The van der Waals surface area contributed by atoms with Gasteiger partial charge in [0, 0.05) is 9.86 Å². The number of fused-ring (bicyclic) bond motifs is 1. The van der Waals surface area contributed by atoms with Gasteiger partial charge in [-0.1, -0.05) is 35.8 Å². The van der Waals surface area contributed by atoms with Gasteiger partial charge < -0.3 is 5.11 Å². The highest BCUT2D eigenvalue weighted by Gasteiger charge is 2.20. The second-order valence-electron chi connectivity index (χ2n) is 5.07. The Bertz CT molecular complexity index is 835. The van der Waals surface area contributed by atoms with Crippen LogP contribution in [-0.4, -0.2) is 20.9 Å². The third-order valence-corrected chi connectivity index (χ3v) is 4.79. The van der Waals surface area contributed by atoms with E-state index in [1.165, 1.54) is 11.3 Å². The summed E-state index contributed by atoms with van der Waals surface area (Å²) in [6.45, 7) is 4.12. The van der Waals surface area contributed by atoms with Crippen LogP contribution in [0.2, 0.25) is 0 Å². The molecule has 0 saturated carbocycles. The molecule has 0 amide bonds. The SMILES string of the molecule is CC(C)c1nn(-c2cccc(Br)c2)c2sc(C(=O)O)cc12. The number of aromatic carboxylic acids is 1. The van der Waals surface area contributed by atoms with Crippen molar-refractivity contribution in [2.75, 3.05) is 0 Å². The lowest BCUT2D eigenvalue weighted by Crippen LogP contribution is -1.98. The minimum absolute atomic E-state index is 0.233. The van der Waals surface area contributed by atoms with Crippen LogP contribution >= 0.6 is 27.3 Å². The molecule has 0 aliphatic carbocycles. The van der Waals surface area contributed by atoms with Crippen molar-refractivity contribution in [3.05, 3.63) is 45.4 Å². The quantitative estimate of drug-likeness (QED) is 0.734. The number of carbonyl (C=O) groups is 1. The van der Waals surface area contributed by atoms with Crippen LogP contribution in [-0.2, 0) is 0 Å². The summed E-state index contributed by atoms with van der Waals surface area (Å²) in [4.78, 5) is 12.4. The van der Waals surface area contributed by atoms with E-state index in [4.69, 9.17) is 0 Å². The van der Waals surface area contributed by atoms with Crippen molar-refractivity contribution in [1.82, 2.24) is 9.78 Å². The fourth-order valence-electron chi connectivity index (χ4n) is 2.24. The van der Waals surface area contributed by atoms with Gasteiger partial charge >= 0.3 is 5.97 Å². The molecule has 6 heteroatoms. The lowest BCUT2D eigenvalue weighted by Gasteiger charge is -2.03. The first-order valence-electron chi connectivity index (χ1n) is 6.49. The molecule has 0 atom stereocenters. The van der Waals surface area contributed by atoms with Crippen LogP contribution in [0.3, 0.4) is 0 Å². The topological polar surface area (TPSA) is 55.1 Å². The van der Waals surface area contributed by atoms with Crippen molar-refractivity contribution in [1.29, 1.82) is 0 Å². The van der Waals surface area contributed by atoms with Gasteiger partial charge in [0.25, 0.3) is 0 Å². The standard InChI is InChI=1S/C15H13BrN2O2S/c1-8(2)13-11-7-12(15(19)20)21-14(11)18(17-13)10-5-3-4-9(16)6-10/h3-8H,1-2H3,(H,19,20). The maximum atomic E-state index is 11.2. The summed E-state index contributed by atoms with van der Waals surface area (Å²) in [5.74, 6) is -0.663. The van der Waals surface area contributed by atoms with Gasteiger partial charge in [0.05, 0.1) is 11.4 Å². The van der Waals surface area contributed by atoms with Gasteiger partial charge in [-0.2, -0.15) is 5.10 Å². The molecule has 0 aliphatic heterocycles. The van der Waals surface area contributed by atoms with Gasteiger partial charge in [-0.05, 0) is 30.2 Å². The van der Waals surface area contributed by atoms with E-state index in [-0.39, 0.29) is 5.92 Å². The summed E-state index contributed by atoms with van der Waals surface area (Å²) in [5.41, 5.74) is 1.84. The molecule has 0 saturated heterocycles. The van der Waals surface area contributed by atoms with Crippen LogP contribution in [0.4, 0.5) is 0 Å². The van der Waals surface area contributed by atoms with E-state index in [9.17, 15) is 9.90 Å². The number of rotatable bonds is 3. The highest BCUT2D eigenvalue weighted by Crippen LogP contribution is 2.34. The Kier molecular flexibility index (Phi) is 3.59. The number of benzene rings is 1. The molecule has 2 aromatic heterocycles. The summed E-state index contributed by atoms with van der Waals surface area (Å²) >= 11 is 4.71. The maximum absolute atomic E-state index is 11.2. The average Bonchev–Trinajstić information content (AvgIpc) is 2.96. The van der Waals surface area contributed by atoms with E-state index in [2.05, 4.69) is 34.9 Å². The fraction of sp³-hybridized carbons (Fsp3) is 0.200. The van der Waals surface area contributed by atoms with E-state index < -0.39 is 5.97 Å². The molecule has 1 N–H and O–H groups in total. The van der Waals surface area contributed by atoms with E-state index in [1.807, 2.05) is 28.9 Å². The molecule has 0 fully saturated rings. The van der Waals surface area contributed by atoms with E-state index in [1.54, 1.807) is 6.07 Å². The lowest BCUT2D eigenvalue weighted by atomic mass is 10.1. The van der Waals surface area contributed by atoms with E-state index in [0.29, 0.717) is 4.88 Å². The van der Waals surface area contributed by atoms with Crippen LogP contribution in [0.5, 0.6) is 0 Å². The van der Waals surface area contributed by atoms with Gasteiger partial charge in [-0.15, -0.1) is 11.3 Å². The first-order valence-corrected chi connectivity index (χ1v) is 8.10. The Morgan fingerprint density at radius 3 is 2.76 bits per heavy atom. The molecule has 2 heterocycles. The summed E-state index contributed by atoms with van der Waals surface area (Å²) < 4.78 is 2.79. The van der Waals surface area contributed by atoms with Crippen LogP contribution in [0, 0.1) is 0 Å². The fourth-order valence-corrected chi connectivity index (χ4v) is 3.61. The first-order chi connectivity index (χ1) is 9.97. The highest BCUT2D eigenvalue weighted by molar-refractivity contribution is 9.10. The third kappa shape index (κ3) is 2.49. The zero-order valence-corrected chi connectivity index (χ0v) is 13.9. The van der Waals surface area contributed by atoms with Crippen LogP contribution in [0.1, 0.15) is 35.1 Å². The molecule has 0 unspecified atom stereocenters. The second kappa shape index (κ2) is 5.27. The molecular weight excluding hydrogens is 352 g/mol. The summed E-state index contributed by atoms with van der Waals surface area (Å²) in [5, 5.41) is 14.8. The minimum atomic E-state index is -0.897. The number of aromatic nitrogens is 2. The smallest absolute Gasteiger partial charge is 0.345 e. The number of carboxylic acid groups (broad SMARTS) is 1. The number of hydrogen-bond acceptors (Lipinski definition) is 3. The minimum Gasteiger partial charge on any atom is -0.477 e. The molecule has 0 spiro atoms. The van der Waals surface area contributed by atoms with Crippen molar-refractivity contribution < 1.29 is 9.90 Å². The molecule has 4 nitrogen and oxygen atoms in total. The molecule has 108 valence electrons. The number of nitrogens with zero attached hydrogens (tertiary/aromatic N) is 2. The Balaban J connectivity index is 2.29. The van der Waals surface area contributed by atoms with Crippen molar-refractivity contribution in [2.24, 2.45) is 0 Å². The highest BCUT2D eigenvalue weighted by atomic mass is 79.9. The van der Waals surface area contributed by atoms with Gasteiger partial charge in [0.1, 0.15) is 9.71 Å². The summed E-state index contributed by atoms with van der Waals surface area (Å²) in [6, 6.07) is 9.54. The molecule has 0 bridgehead atoms. The maximum Gasteiger partial charge on any atom is 0.345 e. The normalized spacial score (nSPS) is 11.4. The predicted molar refractivity (Wildman–Crippen MR) is 87.7 cm³/mol. The van der Waals surface area contributed by atoms with Crippen molar-refractivity contribution in [2.45, 2.75) is 19.8 Å². The van der Waals surface area contributed by atoms with Gasteiger partial charge in [-0.3, -0.25) is 0 Å². The van der Waals surface area contributed by atoms with Gasteiger partial charge in [0.15, 0.2) is 0 Å². The predicted octanol–water partition coefficient (Wildman–Crippen LogP) is 4.67. The molecule has 3 aromatic rings. The van der Waals surface area contributed by atoms with Crippen LogP contribution < -0.4 is 0 Å². The van der Waals surface area contributed by atoms with Crippen LogP contribution in [0.25, 0.3) is 15.9 Å². The van der Waals surface area contributed by atoms with Crippen molar-refractivity contribution in [3.63, 3.8) is 0 Å². The number of halogens is 1. The molecule has 0 radical (unpaired) electrons. The number of carboxylic acids is 1. The van der Waals surface area contributed by atoms with Crippen LogP contribution in [0.15, 0.2) is 34.8 Å². The third-order valence-electron chi connectivity index (χ3n) is 3.20. The molecular formula is C15H13BrN2O2S. The Hall–Kier alpha value is -1.66. The number of hydrogen-bond donors (Lipinski definition) is 1. The van der Waals surface area contributed by atoms with Crippen molar-refractivity contribution in [3.8, 4) is 5.69 Å². The van der Waals surface area contributed by atoms with E-state index in [0.717, 1.165) is 26.1 Å². The Morgan fingerprint density at radius 1 is 1.38 bits per heavy atom. The number of thiophene rings is 1. The Labute approximate surface area is 134 Å². The molecule has 0 aliphatic rings. The summed E-state index contributed by atoms with van der Waals surface area (Å²) in [6.07, 6.45) is 0. The molecule has 21 heavy (non-hydrogen) atoms. The zero-order chi connectivity index (χ0) is 15.1. The van der Waals surface area contributed by atoms with E-state index >= 15 is 0 Å². The largest absolute Gasteiger partial charge is 0.477 e. The zero-order valence-electron chi connectivity index (χ0n) is 11.5. The Morgan fingerprint density at radius 2 is 2.14 bits per heavy atom. The van der Waals surface area contributed by atoms with Crippen molar-refractivity contribution >= 4 is 43.5 Å². The summed E-state index contributed by atoms with van der Waals surface area (Å²) in [7, 11) is 0. The monoisotopic (exact) mass is 364 g/mol. The first kappa shape index (κ1) is 14.3. The lowest BCUT2D eigenvalue weighted by molar-refractivity contribution is 0.0702. The second-order valence-corrected chi connectivity index (χ2v) is 7.01. The van der Waals surface area contributed by atoms with Gasteiger partial charge in [0.2, 0.25) is 0 Å². The van der Waals surface area contributed by atoms with Gasteiger partial charge in [-0.25, -0.2) is 9.48 Å².